The zero-order chi connectivity index (χ0) is 15.7. The van der Waals surface area contributed by atoms with Gasteiger partial charge in [0.1, 0.15) is 5.75 Å². The van der Waals surface area contributed by atoms with Crippen LogP contribution in [-0.2, 0) is 22.6 Å². The quantitative estimate of drug-likeness (QED) is 0.728. The average Bonchev–Trinajstić information content (AvgIpc) is 3.08. The van der Waals surface area contributed by atoms with Gasteiger partial charge in [-0.05, 0) is 6.92 Å². The number of hydrogen-bond donors (Lipinski definition) is 0. The molecule has 1 aromatic carbocycles. The molecule has 0 saturated carbocycles. The Bertz CT molecular complexity index is 894. The molecule has 2 aromatic heterocycles. The number of aryl methyl sites for hydroxylation is 2. The molecule has 0 spiro atoms. The summed E-state index contributed by atoms with van der Waals surface area (Å²) >= 11 is 0. The van der Waals surface area contributed by atoms with Gasteiger partial charge in [-0.2, -0.15) is 4.98 Å². The van der Waals surface area contributed by atoms with Gasteiger partial charge >= 0.3 is 0 Å². The molecule has 114 valence electrons. The van der Waals surface area contributed by atoms with Gasteiger partial charge in [-0.1, -0.05) is 35.0 Å². The summed E-state index contributed by atoms with van der Waals surface area (Å²) in [5.74, 6) is 0.0279. The Morgan fingerprint density at radius 2 is 1.95 bits per heavy atom. The number of rotatable bonds is 4. The molecule has 0 radical (unpaired) electrons. The van der Waals surface area contributed by atoms with Crippen molar-refractivity contribution in [1.29, 1.82) is 0 Å². The molecule has 0 aliphatic heterocycles. The Hall–Kier alpha value is -2.48. The first-order valence-corrected chi connectivity index (χ1v) is 8.20. The normalized spacial score (nSPS) is 11.7. The number of hydrogen-bond acceptors (Lipinski definition) is 6. The Kier molecular flexibility index (Phi) is 3.53. The SMILES string of the molecule is Cc1ccc(-c2noc(CS(=O)(=O)c3nccn3C)n2)cc1. The Labute approximate surface area is 127 Å². The molecule has 0 saturated heterocycles. The zero-order valence-corrected chi connectivity index (χ0v) is 12.9. The first-order valence-electron chi connectivity index (χ1n) is 6.55. The number of aromatic nitrogens is 4. The monoisotopic (exact) mass is 318 g/mol. The summed E-state index contributed by atoms with van der Waals surface area (Å²) in [6, 6.07) is 7.57. The summed E-state index contributed by atoms with van der Waals surface area (Å²) in [5, 5.41) is 3.80. The molecule has 0 bridgehead atoms. The van der Waals surface area contributed by atoms with Crippen molar-refractivity contribution in [2.24, 2.45) is 7.05 Å². The Balaban J connectivity index is 1.86. The van der Waals surface area contributed by atoms with Crippen molar-refractivity contribution >= 4 is 9.84 Å². The van der Waals surface area contributed by atoms with E-state index in [-0.39, 0.29) is 16.8 Å². The van der Waals surface area contributed by atoms with E-state index in [0.717, 1.165) is 11.1 Å². The van der Waals surface area contributed by atoms with Crippen LogP contribution in [0.5, 0.6) is 0 Å². The van der Waals surface area contributed by atoms with Gasteiger partial charge in [-0.15, -0.1) is 0 Å². The summed E-state index contributed by atoms with van der Waals surface area (Å²) in [7, 11) is -2.00. The predicted octanol–water partition coefficient (Wildman–Crippen LogP) is 1.75. The van der Waals surface area contributed by atoms with Crippen LogP contribution >= 0.6 is 0 Å². The van der Waals surface area contributed by atoms with Crippen molar-refractivity contribution in [1.82, 2.24) is 19.7 Å². The lowest BCUT2D eigenvalue weighted by Crippen LogP contribution is -2.11. The maximum Gasteiger partial charge on any atom is 0.242 e. The van der Waals surface area contributed by atoms with Crippen molar-refractivity contribution in [3.63, 3.8) is 0 Å². The average molecular weight is 318 g/mol. The molecule has 0 atom stereocenters. The van der Waals surface area contributed by atoms with E-state index in [1.165, 1.54) is 10.8 Å². The minimum absolute atomic E-state index is 0.0254. The van der Waals surface area contributed by atoms with Crippen LogP contribution < -0.4 is 0 Å². The molecule has 0 aliphatic rings. The zero-order valence-electron chi connectivity index (χ0n) is 12.1. The van der Waals surface area contributed by atoms with E-state index in [1.54, 1.807) is 13.2 Å². The fraction of sp³-hybridized carbons (Fsp3) is 0.214. The topological polar surface area (TPSA) is 90.9 Å². The van der Waals surface area contributed by atoms with E-state index in [4.69, 9.17) is 4.52 Å². The summed E-state index contributed by atoms with van der Waals surface area (Å²) in [4.78, 5) is 7.98. The fourth-order valence-electron chi connectivity index (χ4n) is 2.01. The van der Waals surface area contributed by atoms with Gasteiger partial charge in [0, 0.05) is 25.0 Å². The molecular formula is C14H14N4O3S. The van der Waals surface area contributed by atoms with E-state index in [2.05, 4.69) is 15.1 Å². The third kappa shape index (κ3) is 2.77. The first-order chi connectivity index (χ1) is 10.5. The van der Waals surface area contributed by atoms with Crippen LogP contribution in [0.25, 0.3) is 11.4 Å². The number of benzene rings is 1. The van der Waals surface area contributed by atoms with E-state index in [9.17, 15) is 8.42 Å². The Morgan fingerprint density at radius 1 is 1.23 bits per heavy atom. The van der Waals surface area contributed by atoms with Gasteiger partial charge in [0.25, 0.3) is 0 Å². The summed E-state index contributed by atoms with van der Waals surface area (Å²) in [5.41, 5.74) is 1.89. The highest BCUT2D eigenvalue weighted by atomic mass is 32.2. The molecule has 22 heavy (non-hydrogen) atoms. The fourth-order valence-corrected chi connectivity index (χ4v) is 3.30. The van der Waals surface area contributed by atoms with Gasteiger partial charge < -0.3 is 9.09 Å². The number of imidazole rings is 1. The smallest absolute Gasteiger partial charge is 0.242 e. The van der Waals surface area contributed by atoms with Gasteiger partial charge in [0.15, 0.2) is 0 Å². The second-order valence-electron chi connectivity index (χ2n) is 4.96. The largest absolute Gasteiger partial charge is 0.338 e. The molecule has 0 fully saturated rings. The molecular weight excluding hydrogens is 304 g/mol. The highest BCUT2D eigenvalue weighted by molar-refractivity contribution is 7.90. The number of sulfone groups is 1. The van der Waals surface area contributed by atoms with Gasteiger partial charge in [-0.25, -0.2) is 13.4 Å². The van der Waals surface area contributed by atoms with Crippen LogP contribution in [0.4, 0.5) is 0 Å². The maximum absolute atomic E-state index is 12.3. The molecule has 0 aliphatic carbocycles. The van der Waals surface area contributed by atoms with Crippen molar-refractivity contribution in [3.8, 4) is 11.4 Å². The maximum atomic E-state index is 12.3. The summed E-state index contributed by atoms with van der Waals surface area (Å²) < 4.78 is 31.0. The highest BCUT2D eigenvalue weighted by Crippen LogP contribution is 2.18. The second kappa shape index (κ2) is 5.38. The van der Waals surface area contributed by atoms with Crippen LogP contribution in [0.3, 0.4) is 0 Å². The molecule has 3 aromatic rings. The minimum atomic E-state index is -3.62. The summed E-state index contributed by atoms with van der Waals surface area (Å²) in [6.45, 7) is 1.98. The molecule has 0 unspecified atom stereocenters. The molecule has 0 N–H and O–H groups in total. The van der Waals surface area contributed by atoms with E-state index in [1.807, 2.05) is 31.2 Å². The van der Waals surface area contributed by atoms with Gasteiger partial charge in [0.2, 0.25) is 26.7 Å². The van der Waals surface area contributed by atoms with E-state index in [0.29, 0.717) is 5.82 Å². The van der Waals surface area contributed by atoms with Crippen molar-refractivity contribution in [2.75, 3.05) is 0 Å². The third-order valence-corrected chi connectivity index (χ3v) is 4.72. The second-order valence-corrected chi connectivity index (χ2v) is 6.84. The van der Waals surface area contributed by atoms with Crippen molar-refractivity contribution in [3.05, 3.63) is 48.1 Å². The standard InChI is InChI=1S/C14H14N4O3S/c1-10-3-5-11(6-4-10)13-16-12(21-17-13)9-22(19,20)14-15-7-8-18(14)2/h3-8H,9H2,1-2H3. The lowest BCUT2D eigenvalue weighted by molar-refractivity contribution is 0.389. The predicted molar refractivity (Wildman–Crippen MR) is 78.6 cm³/mol. The molecule has 7 nitrogen and oxygen atoms in total. The van der Waals surface area contributed by atoms with Crippen LogP contribution in [0.15, 0.2) is 46.3 Å². The summed E-state index contributed by atoms with van der Waals surface area (Å²) in [6.07, 6.45) is 3.00. The molecule has 2 heterocycles. The molecule has 3 rings (SSSR count). The van der Waals surface area contributed by atoms with Crippen molar-refractivity contribution in [2.45, 2.75) is 17.8 Å². The van der Waals surface area contributed by atoms with E-state index < -0.39 is 9.84 Å². The molecule has 8 heteroatoms. The number of nitrogens with zero attached hydrogens (tertiary/aromatic N) is 4. The Morgan fingerprint density at radius 3 is 2.59 bits per heavy atom. The van der Waals surface area contributed by atoms with Crippen LogP contribution in [-0.4, -0.2) is 28.1 Å². The van der Waals surface area contributed by atoms with Gasteiger partial charge in [0.05, 0.1) is 0 Å². The minimum Gasteiger partial charge on any atom is -0.338 e. The first kappa shape index (κ1) is 14.5. The van der Waals surface area contributed by atoms with Crippen LogP contribution in [0, 0.1) is 6.92 Å². The van der Waals surface area contributed by atoms with Crippen LogP contribution in [0.1, 0.15) is 11.5 Å². The third-order valence-electron chi connectivity index (χ3n) is 3.15. The molecule has 0 amide bonds. The lowest BCUT2D eigenvalue weighted by Gasteiger charge is -2.00. The van der Waals surface area contributed by atoms with Gasteiger partial charge in [-0.3, -0.25) is 0 Å². The highest BCUT2D eigenvalue weighted by Gasteiger charge is 2.23. The van der Waals surface area contributed by atoms with E-state index >= 15 is 0 Å². The van der Waals surface area contributed by atoms with Crippen molar-refractivity contribution < 1.29 is 12.9 Å². The van der Waals surface area contributed by atoms with Crippen LogP contribution in [0.2, 0.25) is 0 Å². The lowest BCUT2D eigenvalue weighted by atomic mass is 10.1.